The van der Waals surface area contributed by atoms with Gasteiger partial charge in [-0.3, -0.25) is 14.2 Å². The molecule has 0 spiro atoms. The zero-order valence-corrected chi connectivity index (χ0v) is 19.7. The van der Waals surface area contributed by atoms with Crippen molar-refractivity contribution in [1.82, 2.24) is 34.3 Å². The quantitative estimate of drug-likeness (QED) is 0.431. The first-order valence-electron chi connectivity index (χ1n) is 11.6. The Morgan fingerprint density at radius 2 is 1.89 bits per heavy atom. The lowest BCUT2D eigenvalue weighted by Crippen LogP contribution is -2.27. The Morgan fingerprint density at radius 1 is 1.11 bits per heavy atom. The molecule has 4 aromatic heterocycles. The van der Waals surface area contributed by atoms with Gasteiger partial charge in [0.15, 0.2) is 0 Å². The maximum Gasteiger partial charge on any atom is 0.405 e. The fourth-order valence-corrected chi connectivity index (χ4v) is 4.48. The van der Waals surface area contributed by atoms with Gasteiger partial charge in [0.05, 0.1) is 17.8 Å². The first kappa shape index (κ1) is 23.8. The number of hydrogen-bond donors (Lipinski definition) is 1. The maximum atomic E-state index is 12.7. The molecular weight excluding hydrogens is 477 g/mol. The number of halogens is 3. The number of hydrogen-bond acceptors (Lipinski definition) is 7. The molecule has 0 amide bonds. The first-order chi connectivity index (χ1) is 17.2. The zero-order chi connectivity index (χ0) is 25.4. The molecule has 0 saturated heterocycles. The first-order valence-corrected chi connectivity index (χ1v) is 11.6. The van der Waals surface area contributed by atoms with Crippen LogP contribution >= 0.6 is 0 Å². The molecule has 0 unspecified atom stereocenters. The molecule has 0 aliphatic heterocycles. The number of nitrogens with zero attached hydrogens (tertiary/aromatic N) is 7. The molecule has 4 aromatic rings. The number of fused-ring (bicyclic) bond motifs is 1. The van der Waals surface area contributed by atoms with E-state index in [4.69, 9.17) is 9.84 Å². The highest BCUT2D eigenvalue weighted by atomic mass is 19.4. The molecule has 0 radical (unpaired) electrons. The average Bonchev–Trinajstić information content (AvgIpc) is 3.43. The van der Waals surface area contributed by atoms with Crippen LogP contribution in [0.25, 0.3) is 22.2 Å². The van der Waals surface area contributed by atoms with Crippen molar-refractivity contribution in [2.75, 3.05) is 11.9 Å². The van der Waals surface area contributed by atoms with Gasteiger partial charge in [0, 0.05) is 55.6 Å². The molecule has 5 rings (SSSR count). The summed E-state index contributed by atoms with van der Waals surface area (Å²) in [7, 11) is 3.38. The third-order valence-electron chi connectivity index (χ3n) is 6.25. The lowest BCUT2D eigenvalue weighted by atomic mass is 9.93. The van der Waals surface area contributed by atoms with Crippen molar-refractivity contribution in [1.29, 1.82) is 0 Å². The minimum Gasteiger partial charge on any atom is -0.473 e. The van der Waals surface area contributed by atoms with Gasteiger partial charge in [-0.2, -0.15) is 23.4 Å². The Morgan fingerprint density at radius 3 is 2.56 bits per heavy atom. The average molecular weight is 503 g/mol. The van der Waals surface area contributed by atoms with Gasteiger partial charge < -0.3 is 10.1 Å². The normalized spacial score (nSPS) is 18.5. The second-order valence-corrected chi connectivity index (χ2v) is 8.93. The smallest absolute Gasteiger partial charge is 0.405 e. The fourth-order valence-electron chi connectivity index (χ4n) is 4.48. The molecule has 36 heavy (non-hydrogen) atoms. The molecular formula is C23H25F3N8O2. The standard InChI is InChI=1S/C23H25F3N8O2/c1-32-12-14(10-29-32)22-17-11-27-19(28-13-23(24,25)26)9-18(17)34(31-22)15-3-5-16(6-4-15)36-20-7-8-21(35)33(2)30-20/h7-12,15-16H,3-6,13H2,1-2H3,(H,27,28). The minimum absolute atomic E-state index is 0.0312. The molecule has 1 aliphatic rings. The monoisotopic (exact) mass is 502 g/mol. The van der Waals surface area contributed by atoms with E-state index in [1.807, 2.05) is 10.9 Å². The van der Waals surface area contributed by atoms with Crippen LogP contribution in [0.5, 0.6) is 5.88 Å². The van der Waals surface area contributed by atoms with Crippen LogP contribution in [0.3, 0.4) is 0 Å². The summed E-state index contributed by atoms with van der Waals surface area (Å²) in [5, 5.41) is 16.3. The van der Waals surface area contributed by atoms with Gasteiger partial charge in [0.1, 0.15) is 24.2 Å². The van der Waals surface area contributed by atoms with Crippen molar-refractivity contribution >= 4 is 16.7 Å². The van der Waals surface area contributed by atoms with Crippen LogP contribution in [0.15, 0.2) is 41.6 Å². The molecule has 1 fully saturated rings. The maximum absolute atomic E-state index is 12.7. The van der Waals surface area contributed by atoms with Crippen LogP contribution in [0.1, 0.15) is 31.7 Å². The van der Waals surface area contributed by atoms with E-state index >= 15 is 0 Å². The predicted molar refractivity (Wildman–Crippen MR) is 126 cm³/mol. The third kappa shape index (κ3) is 5.04. The van der Waals surface area contributed by atoms with Gasteiger partial charge in [0.2, 0.25) is 5.88 Å². The molecule has 1 N–H and O–H groups in total. The van der Waals surface area contributed by atoms with Crippen molar-refractivity contribution in [3.8, 4) is 17.1 Å². The molecule has 190 valence electrons. The van der Waals surface area contributed by atoms with Crippen LogP contribution < -0.4 is 15.6 Å². The second-order valence-electron chi connectivity index (χ2n) is 8.93. The number of rotatable bonds is 6. The molecule has 0 atom stereocenters. The van der Waals surface area contributed by atoms with E-state index in [9.17, 15) is 18.0 Å². The van der Waals surface area contributed by atoms with Crippen molar-refractivity contribution in [2.45, 2.75) is 44.0 Å². The number of nitrogens with one attached hydrogen (secondary N) is 1. The summed E-state index contributed by atoms with van der Waals surface area (Å²) in [6, 6.07) is 4.63. The fraction of sp³-hybridized carbons (Fsp3) is 0.435. The lowest BCUT2D eigenvalue weighted by Gasteiger charge is -2.29. The van der Waals surface area contributed by atoms with Gasteiger partial charge in [0.25, 0.3) is 5.56 Å². The Hall–Kier alpha value is -3.90. The highest BCUT2D eigenvalue weighted by Crippen LogP contribution is 2.36. The van der Waals surface area contributed by atoms with Crippen LogP contribution in [0.4, 0.5) is 19.0 Å². The number of pyridine rings is 1. The van der Waals surface area contributed by atoms with E-state index in [2.05, 4.69) is 20.5 Å². The van der Waals surface area contributed by atoms with Crippen LogP contribution in [0.2, 0.25) is 0 Å². The summed E-state index contributed by atoms with van der Waals surface area (Å²) in [5.74, 6) is 0.534. The summed E-state index contributed by atoms with van der Waals surface area (Å²) >= 11 is 0. The number of aryl methyl sites for hydroxylation is 2. The van der Waals surface area contributed by atoms with Gasteiger partial charge in [-0.25, -0.2) is 9.67 Å². The number of anilines is 1. The summed E-state index contributed by atoms with van der Waals surface area (Å²) in [4.78, 5) is 15.7. The summed E-state index contributed by atoms with van der Waals surface area (Å²) < 4.78 is 49.0. The van der Waals surface area contributed by atoms with Crippen molar-refractivity contribution < 1.29 is 17.9 Å². The van der Waals surface area contributed by atoms with Gasteiger partial charge in [-0.05, 0) is 25.7 Å². The van der Waals surface area contributed by atoms with Crippen LogP contribution in [-0.4, -0.2) is 53.2 Å². The SMILES string of the molecule is Cn1cc(-c2nn(C3CCC(Oc4ccc(=O)n(C)n4)CC3)c3cc(NCC(F)(F)F)ncc23)cn1. The van der Waals surface area contributed by atoms with E-state index in [0.717, 1.165) is 36.6 Å². The molecule has 4 heterocycles. The van der Waals surface area contributed by atoms with E-state index < -0.39 is 12.7 Å². The highest BCUT2D eigenvalue weighted by Gasteiger charge is 2.29. The molecule has 1 saturated carbocycles. The minimum atomic E-state index is -4.35. The summed E-state index contributed by atoms with van der Waals surface area (Å²) in [6.45, 7) is -1.17. The lowest BCUT2D eigenvalue weighted by molar-refractivity contribution is -0.115. The number of ether oxygens (including phenoxy) is 1. The van der Waals surface area contributed by atoms with E-state index in [1.54, 1.807) is 43.3 Å². The molecule has 0 aromatic carbocycles. The third-order valence-corrected chi connectivity index (χ3v) is 6.25. The Bertz CT molecular complexity index is 1430. The summed E-state index contributed by atoms with van der Waals surface area (Å²) in [6.07, 6.45) is 3.68. The topological polar surface area (TPSA) is 105 Å². The molecule has 13 heteroatoms. The summed E-state index contributed by atoms with van der Waals surface area (Å²) in [5.41, 5.74) is 1.98. The van der Waals surface area contributed by atoms with E-state index in [-0.39, 0.29) is 23.5 Å². The largest absolute Gasteiger partial charge is 0.473 e. The zero-order valence-electron chi connectivity index (χ0n) is 19.7. The van der Waals surface area contributed by atoms with Gasteiger partial charge in [-0.15, -0.1) is 5.10 Å². The second kappa shape index (κ2) is 9.28. The highest BCUT2D eigenvalue weighted by molar-refractivity contribution is 5.93. The van der Waals surface area contributed by atoms with E-state index in [0.29, 0.717) is 17.1 Å². The number of alkyl halides is 3. The van der Waals surface area contributed by atoms with E-state index in [1.165, 1.54) is 10.7 Å². The van der Waals surface area contributed by atoms with Gasteiger partial charge in [-0.1, -0.05) is 0 Å². The Labute approximate surface area is 203 Å². The Kier molecular flexibility index (Phi) is 6.14. The number of aromatic nitrogens is 7. The van der Waals surface area contributed by atoms with Crippen molar-refractivity contribution in [3.63, 3.8) is 0 Å². The molecule has 10 nitrogen and oxygen atoms in total. The van der Waals surface area contributed by atoms with Crippen LogP contribution in [-0.2, 0) is 14.1 Å². The van der Waals surface area contributed by atoms with Crippen LogP contribution in [0, 0.1) is 0 Å². The molecule has 1 aliphatic carbocycles. The predicted octanol–water partition coefficient (Wildman–Crippen LogP) is 3.46. The molecule has 0 bridgehead atoms. The Balaban J connectivity index is 1.40. The van der Waals surface area contributed by atoms with Gasteiger partial charge >= 0.3 is 6.18 Å². The van der Waals surface area contributed by atoms with Crippen molar-refractivity contribution in [2.24, 2.45) is 14.1 Å². The van der Waals surface area contributed by atoms with Crippen molar-refractivity contribution in [3.05, 3.63) is 47.1 Å².